The molecule has 2 aromatic rings. The predicted molar refractivity (Wildman–Crippen MR) is 92.8 cm³/mol. The molecular weight excluding hydrogens is 360 g/mol. The Bertz CT molecular complexity index is 727. The highest BCUT2D eigenvalue weighted by Gasteiger charge is 2.06. The van der Waals surface area contributed by atoms with E-state index in [1.807, 2.05) is 19.1 Å². The van der Waals surface area contributed by atoms with E-state index in [0.717, 1.165) is 15.6 Å². The van der Waals surface area contributed by atoms with Crippen molar-refractivity contribution in [3.63, 3.8) is 0 Å². The van der Waals surface area contributed by atoms with Gasteiger partial charge in [0.2, 0.25) is 0 Å². The fourth-order valence-corrected chi connectivity index (χ4v) is 2.42. The number of amides is 1. The third kappa shape index (κ3) is 5.10. The number of benzene rings is 2. The first-order chi connectivity index (χ1) is 11.0. The maximum absolute atomic E-state index is 11.8. The summed E-state index contributed by atoms with van der Waals surface area (Å²) in [4.78, 5) is 11.8. The van der Waals surface area contributed by atoms with E-state index in [9.17, 15) is 9.90 Å². The minimum absolute atomic E-state index is 0.131. The van der Waals surface area contributed by atoms with E-state index in [1.54, 1.807) is 37.3 Å². The van der Waals surface area contributed by atoms with Crippen molar-refractivity contribution in [1.29, 1.82) is 0 Å². The van der Waals surface area contributed by atoms with Crippen molar-refractivity contribution < 1.29 is 14.6 Å². The molecule has 2 aromatic carbocycles. The van der Waals surface area contributed by atoms with Gasteiger partial charge in [0.05, 0.1) is 10.2 Å². The van der Waals surface area contributed by atoms with Crippen molar-refractivity contribution in [3.8, 4) is 11.5 Å². The zero-order chi connectivity index (χ0) is 16.8. The van der Waals surface area contributed by atoms with Gasteiger partial charge in [0.15, 0.2) is 6.61 Å². The predicted octanol–water partition coefficient (Wildman–Crippen LogP) is 3.38. The van der Waals surface area contributed by atoms with Gasteiger partial charge in [-0.05, 0) is 77.3 Å². The molecule has 0 aliphatic rings. The SMILES string of the molecule is CC(=NNC(=O)COc1ccc(C)cc1Br)c1ccc(O)cc1. The Morgan fingerprint density at radius 2 is 1.96 bits per heavy atom. The summed E-state index contributed by atoms with van der Waals surface area (Å²) in [5, 5.41) is 13.3. The number of halogens is 1. The molecule has 6 heteroatoms. The number of nitrogens with one attached hydrogen (secondary N) is 1. The van der Waals surface area contributed by atoms with E-state index in [1.165, 1.54) is 0 Å². The number of hydrazone groups is 1. The summed E-state index contributed by atoms with van der Waals surface area (Å²) in [7, 11) is 0. The molecule has 2 rings (SSSR count). The molecule has 0 aliphatic heterocycles. The summed E-state index contributed by atoms with van der Waals surface area (Å²) in [6, 6.07) is 12.2. The Balaban J connectivity index is 1.89. The van der Waals surface area contributed by atoms with Crippen molar-refractivity contribution in [2.75, 3.05) is 6.61 Å². The van der Waals surface area contributed by atoms with Crippen LogP contribution in [-0.2, 0) is 4.79 Å². The van der Waals surface area contributed by atoms with Crippen LogP contribution in [0.15, 0.2) is 52.0 Å². The Labute approximate surface area is 143 Å². The number of nitrogens with zero attached hydrogens (tertiary/aromatic N) is 1. The summed E-state index contributed by atoms with van der Waals surface area (Å²) < 4.78 is 6.25. The molecule has 5 nitrogen and oxygen atoms in total. The molecule has 0 aromatic heterocycles. The molecule has 0 heterocycles. The average molecular weight is 377 g/mol. The standard InChI is InChI=1S/C17H17BrN2O3/c1-11-3-8-16(15(18)9-11)23-10-17(22)20-19-12(2)13-4-6-14(21)7-5-13/h3-9,21H,10H2,1-2H3,(H,20,22). The Kier molecular flexibility index (Phi) is 5.76. The maximum atomic E-state index is 11.8. The maximum Gasteiger partial charge on any atom is 0.277 e. The highest BCUT2D eigenvalue weighted by atomic mass is 79.9. The van der Waals surface area contributed by atoms with E-state index < -0.39 is 0 Å². The smallest absolute Gasteiger partial charge is 0.277 e. The summed E-state index contributed by atoms with van der Waals surface area (Å²) in [6.45, 7) is 3.61. The summed E-state index contributed by atoms with van der Waals surface area (Å²) >= 11 is 3.39. The number of rotatable bonds is 5. The lowest BCUT2D eigenvalue weighted by Crippen LogP contribution is -2.25. The Hall–Kier alpha value is -2.34. The largest absolute Gasteiger partial charge is 0.508 e. The number of ether oxygens (including phenoxy) is 1. The fraction of sp³-hybridized carbons (Fsp3) is 0.176. The normalized spacial score (nSPS) is 11.2. The summed E-state index contributed by atoms with van der Waals surface area (Å²) in [5.74, 6) is 0.434. The second-order valence-corrected chi connectivity index (χ2v) is 5.86. The quantitative estimate of drug-likeness (QED) is 0.620. The van der Waals surface area contributed by atoms with Crippen molar-refractivity contribution >= 4 is 27.5 Å². The molecule has 0 bridgehead atoms. The van der Waals surface area contributed by atoms with Gasteiger partial charge < -0.3 is 9.84 Å². The lowest BCUT2D eigenvalue weighted by molar-refractivity contribution is -0.123. The molecule has 0 atom stereocenters. The molecule has 120 valence electrons. The fourth-order valence-electron chi connectivity index (χ4n) is 1.81. The molecule has 23 heavy (non-hydrogen) atoms. The van der Waals surface area contributed by atoms with Crippen LogP contribution >= 0.6 is 15.9 Å². The number of hydrogen-bond donors (Lipinski definition) is 2. The van der Waals surface area contributed by atoms with Gasteiger partial charge in [0.25, 0.3) is 5.91 Å². The van der Waals surface area contributed by atoms with Gasteiger partial charge in [-0.3, -0.25) is 4.79 Å². The van der Waals surface area contributed by atoms with Gasteiger partial charge in [-0.15, -0.1) is 0 Å². The minimum atomic E-state index is -0.351. The van der Waals surface area contributed by atoms with Gasteiger partial charge in [-0.2, -0.15) is 5.10 Å². The number of phenols is 1. The first-order valence-electron chi connectivity index (χ1n) is 6.97. The third-order valence-corrected chi connectivity index (χ3v) is 3.70. The molecule has 0 aliphatic carbocycles. The highest BCUT2D eigenvalue weighted by molar-refractivity contribution is 9.10. The van der Waals surface area contributed by atoms with Crippen LogP contribution in [0, 0.1) is 6.92 Å². The van der Waals surface area contributed by atoms with E-state index >= 15 is 0 Å². The van der Waals surface area contributed by atoms with Crippen LogP contribution in [0.2, 0.25) is 0 Å². The summed E-state index contributed by atoms with van der Waals surface area (Å²) in [6.07, 6.45) is 0. The Morgan fingerprint density at radius 3 is 2.61 bits per heavy atom. The number of phenolic OH excluding ortho intramolecular Hbond substituents is 1. The van der Waals surface area contributed by atoms with Crippen LogP contribution in [0.1, 0.15) is 18.1 Å². The lowest BCUT2D eigenvalue weighted by atomic mass is 10.1. The Morgan fingerprint density at radius 1 is 1.26 bits per heavy atom. The molecule has 2 N–H and O–H groups in total. The molecule has 0 fully saturated rings. The van der Waals surface area contributed by atoms with Crippen LogP contribution in [-0.4, -0.2) is 23.3 Å². The second-order valence-electron chi connectivity index (χ2n) is 5.00. The molecule has 0 unspecified atom stereocenters. The van der Waals surface area contributed by atoms with Crippen LogP contribution < -0.4 is 10.2 Å². The van der Waals surface area contributed by atoms with Crippen LogP contribution in [0.3, 0.4) is 0 Å². The number of aromatic hydroxyl groups is 1. The van der Waals surface area contributed by atoms with Crippen LogP contribution in [0.5, 0.6) is 11.5 Å². The molecule has 0 radical (unpaired) electrons. The van der Waals surface area contributed by atoms with Gasteiger partial charge in [0.1, 0.15) is 11.5 Å². The van der Waals surface area contributed by atoms with Crippen molar-refractivity contribution in [3.05, 3.63) is 58.1 Å². The topological polar surface area (TPSA) is 70.9 Å². The third-order valence-electron chi connectivity index (χ3n) is 3.08. The zero-order valence-corrected chi connectivity index (χ0v) is 14.4. The molecule has 0 saturated heterocycles. The minimum Gasteiger partial charge on any atom is -0.508 e. The van der Waals surface area contributed by atoms with E-state index in [0.29, 0.717) is 11.5 Å². The van der Waals surface area contributed by atoms with E-state index in [-0.39, 0.29) is 18.3 Å². The van der Waals surface area contributed by atoms with E-state index in [2.05, 4.69) is 26.5 Å². The number of carbonyl (C=O) groups is 1. The monoisotopic (exact) mass is 376 g/mol. The van der Waals surface area contributed by atoms with Crippen LogP contribution in [0.4, 0.5) is 0 Å². The van der Waals surface area contributed by atoms with Crippen molar-refractivity contribution in [2.24, 2.45) is 5.10 Å². The lowest BCUT2D eigenvalue weighted by Gasteiger charge is -2.08. The molecule has 0 saturated carbocycles. The van der Waals surface area contributed by atoms with Gasteiger partial charge in [-0.25, -0.2) is 5.43 Å². The molecule has 0 spiro atoms. The first kappa shape index (κ1) is 17.0. The average Bonchev–Trinajstić information content (AvgIpc) is 2.52. The number of hydrogen-bond acceptors (Lipinski definition) is 4. The van der Waals surface area contributed by atoms with Crippen molar-refractivity contribution in [1.82, 2.24) is 5.43 Å². The highest BCUT2D eigenvalue weighted by Crippen LogP contribution is 2.25. The summed E-state index contributed by atoms with van der Waals surface area (Å²) in [5.41, 5.74) is 4.99. The molecule has 1 amide bonds. The van der Waals surface area contributed by atoms with E-state index in [4.69, 9.17) is 4.74 Å². The first-order valence-corrected chi connectivity index (χ1v) is 7.76. The zero-order valence-electron chi connectivity index (χ0n) is 12.8. The van der Waals surface area contributed by atoms with Crippen molar-refractivity contribution in [2.45, 2.75) is 13.8 Å². The van der Waals surface area contributed by atoms with Crippen LogP contribution in [0.25, 0.3) is 0 Å². The van der Waals surface area contributed by atoms with Gasteiger partial charge >= 0.3 is 0 Å². The number of carbonyl (C=O) groups excluding carboxylic acids is 1. The second kappa shape index (κ2) is 7.78. The number of aryl methyl sites for hydroxylation is 1. The van der Waals surface area contributed by atoms with Gasteiger partial charge in [-0.1, -0.05) is 6.07 Å². The van der Waals surface area contributed by atoms with Gasteiger partial charge in [0, 0.05) is 0 Å². The molecular formula is C17H17BrN2O3.